The standard InChI is InChI=1S/C12H8ClF2NO/c13-9-3-1-2-8(11(9)15)12(17)7-4-5-16-6-10(7)14/h1-6,12,17H. The first kappa shape index (κ1) is 12.0. The van der Waals surface area contributed by atoms with Gasteiger partial charge in [-0.2, -0.15) is 0 Å². The van der Waals surface area contributed by atoms with Crippen LogP contribution in [0.4, 0.5) is 8.78 Å². The van der Waals surface area contributed by atoms with Crippen LogP contribution in [0.15, 0.2) is 36.7 Å². The van der Waals surface area contributed by atoms with Gasteiger partial charge in [0.15, 0.2) is 0 Å². The average Bonchev–Trinajstić information content (AvgIpc) is 2.32. The van der Waals surface area contributed by atoms with Crippen molar-refractivity contribution >= 4 is 11.6 Å². The highest BCUT2D eigenvalue weighted by atomic mass is 35.5. The van der Waals surface area contributed by atoms with E-state index in [-0.39, 0.29) is 16.1 Å². The Kier molecular flexibility index (Phi) is 3.36. The lowest BCUT2D eigenvalue weighted by Gasteiger charge is -2.13. The van der Waals surface area contributed by atoms with E-state index < -0.39 is 17.7 Å². The summed E-state index contributed by atoms with van der Waals surface area (Å²) in [6.07, 6.45) is 0.877. The SMILES string of the molecule is OC(c1ccncc1F)c1cccc(Cl)c1F. The zero-order chi connectivity index (χ0) is 12.4. The molecule has 0 saturated heterocycles. The summed E-state index contributed by atoms with van der Waals surface area (Å²) in [5.74, 6) is -1.45. The zero-order valence-electron chi connectivity index (χ0n) is 8.57. The van der Waals surface area contributed by atoms with Crippen LogP contribution >= 0.6 is 11.6 Å². The Morgan fingerprint density at radius 3 is 2.65 bits per heavy atom. The lowest BCUT2D eigenvalue weighted by molar-refractivity contribution is 0.209. The van der Waals surface area contributed by atoms with E-state index >= 15 is 0 Å². The highest BCUT2D eigenvalue weighted by Gasteiger charge is 2.19. The van der Waals surface area contributed by atoms with Crippen LogP contribution in [0.5, 0.6) is 0 Å². The molecule has 2 rings (SSSR count). The van der Waals surface area contributed by atoms with Gasteiger partial charge in [0.25, 0.3) is 0 Å². The van der Waals surface area contributed by atoms with Crippen molar-refractivity contribution in [2.75, 3.05) is 0 Å². The van der Waals surface area contributed by atoms with Crippen LogP contribution in [0, 0.1) is 11.6 Å². The third-order valence-electron chi connectivity index (χ3n) is 2.37. The Balaban J connectivity index is 2.48. The molecule has 1 unspecified atom stereocenters. The summed E-state index contributed by atoms with van der Waals surface area (Å²) in [7, 11) is 0. The first-order chi connectivity index (χ1) is 8.11. The topological polar surface area (TPSA) is 33.1 Å². The second-order valence-corrected chi connectivity index (χ2v) is 3.85. The van der Waals surface area contributed by atoms with Crippen molar-refractivity contribution in [1.29, 1.82) is 0 Å². The fraction of sp³-hybridized carbons (Fsp3) is 0.0833. The molecule has 0 aliphatic heterocycles. The fourth-order valence-electron chi connectivity index (χ4n) is 1.51. The molecule has 0 bridgehead atoms. The zero-order valence-corrected chi connectivity index (χ0v) is 9.33. The molecule has 0 aliphatic carbocycles. The number of pyridine rings is 1. The second kappa shape index (κ2) is 4.77. The first-order valence-electron chi connectivity index (χ1n) is 4.82. The summed E-state index contributed by atoms with van der Waals surface area (Å²) in [5.41, 5.74) is -0.108. The van der Waals surface area contributed by atoms with E-state index in [2.05, 4.69) is 4.98 Å². The van der Waals surface area contributed by atoms with Gasteiger partial charge in [-0.05, 0) is 12.1 Å². The minimum atomic E-state index is -1.41. The van der Waals surface area contributed by atoms with E-state index in [9.17, 15) is 13.9 Å². The smallest absolute Gasteiger partial charge is 0.147 e. The van der Waals surface area contributed by atoms with Crippen LogP contribution in [0.25, 0.3) is 0 Å². The molecule has 1 N–H and O–H groups in total. The largest absolute Gasteiger partial charge is 0.383 e. The minimum absolute atomic E-state index is 0.0406. The normalized spacial score (nSPS) is 12.5. The van der Waals surface area contributed by atoms with Crippen molar-refractivity contribution < 1.29 is 13.9 Å². The summed E-state index contributed by atoms with van der Waals surface area (Å²) < 4.78 is 27.0. The molecule has 1 aromatic carbocycles. The van der Waals surface area contributed by atoms with Crippen LogP contribution in [0.2, 0.25) is 5.02 Å². The summed E-state index contributed by atoms with van der Waals surface area (Å²) in [4.78, 5) is 3.56. The van der Waals surface area contributed by atoms with Gasteiger partial charge < -0.3 is 5.11 Å². The fourth-order valence-corrected chi connectivity index (χ4v) is 1.69. The molecule has 1 atom stereocenters. The molecule has 1 heterocycles. The predicted octanol–water partition coefficient (Wildman–Crippen LogP) is 3.09. The van der Waals surface area contributed by atoms with Crippen molar-refractivity contribution in [3.05, 3.63) is 64.4 Å². The minimum Gasteiger partial charge on any atom is -0.383 e. The quantitative estimate of drug-likeness (QED) is 0.895. The highest BCUT2D eigenvalue weighted by Crippen LogP contribution is 2.28. The maximum atomic E-state index is 13.6. The van der Waals surface area contributed by atoms with E-state index in [0.717, 1.165) is 6.20 Å². The molecule has 88 valence electrons. The summed E-state index contributed by atoms with van der Waals surface area (Å²) >= 11 is 5.59. The Morgan fingerprint density at radius 2 is 1.94 bits per heavy atom. The van der Waals surface area contributed by atoms with Gasteiger partial charge in [0.2, 0.25) is 0 Å². The molecule has 17 heavy (non-hydrogen) atoms. The van der Waals surface area contributed by atoms with Crippen molar-refractivity contribution in [1.82, 2.24) is 4.98 Å². The van der Waals surface area contributed by atoms with Crippen molar-refractivity contribution in [3.63, 3.8) is 0 Å². The van der Waals surface area contributed by atoms with E-state index in [1.807, 2.05) is 0 Å². The van der Waals surface area contributed by atoms with Gasteiger partial charge >= 0.3 is 0 Å². The number of aliphatic hydroxyl groups excluding tert-OH is 1. The second-order valence-electron chi connectivity index (χ2n) is 3.44. The van der Waals surface area contributed by atoms with Crippen LogP contribution in [0.3, 0.4) is 0 Å². The van der Waals surface area contributed by atoms with Gasteiger partial charge in [-0.1, -0.05) is 23.7 Å². The molecule has 5 heteroatoms. The molecule has 1 aromatic heterocycles. The highest BCUT2D eigenvalue weighted by molar-refractivity contribution is 6.30. The maximum Gasteiger partial charge on any atom is 0.147 e. The number of halogens is 3. The Bertz CT molecular complexity index is 548. The number of hydrogen-bond donors (Lipinski definition) is 1. The molecule has 0 saturated carbocycles. The molecule has 0 radical (unpaired) electrons. The van der Waals surface area contributed by atoms with E-state index in [1.54, 1.807) is 0 Å². The van der Waals surface area contributed by atoms with Crippen LogP contribution < -0.4 is 0 Å². The molecule has 0 spiro atoms. The molecule has 0 amide bonds. The summed E-state index contributed by atoms with van der Waals surface area (Å²) in [6, 6.07) is 5.49. The number of hydrogen-bond acceptors (Lipinski definition) is 2. The Morgan fingerprint density at radius 1 is 1.18 bits per heavy atom. The third kappa shape index (κ3) is 2.28. The van der Waals surface area contributed by atoms with Crippen LogP contribution in [-0.2, 0) is 0 Å². The maximum absolute atomic E-state index is 13.6. The number of rotatable bonds is 2. The van der Waals surface area contributed by atoms with Crippen molar-refractivity contribution in [3.8, 4) is 0 Å². The van der Waals surface area contributed by atoms with Gasteiger partial charge in [-0.25, -0.2) is 8.78 Å². The number of nitrogens with zero attached hydrogens (tertiary/aromatic N) is 1. The molecule has 2 aromatic rings. The van der Waals surface area contributed by atoms with Gasteiger partial charge in [-0.3, -0.25) is 4.98 Å². The van der Waals surface area contributed by atoms with Crippen molar-refractivity contribution in [2.24, 2.45) is 0 Å². The number of aromatic nitrogens is 1. The molecule has 2 nitrogen and oxygen atoms in total. The Hall–Kier alpha value is -1.52. The number of benzene rings is 1. The predicted molar refractivity (Wildman–Crippen MR) is 59.7 cm³/mol. The van der Waals surface area contributed by atoms with Gasteiger partial charge in [0.05, 0.1) is 11.2 Å². The van der Waals surface area contributed by atoms with E-state index in [4.69, 9.17) is 11.6 Å². The van der Waals surface area contributed by atoms with E-state index in [0.29, 0.717) is 0 Å². The lowest BCUT2D eigenvalue weighted by atomic mass is 10.0. The van der Waals surface area contributed by atoms with Crippen LogP contribution in [-0.4, -0.2) is 10.1 Å². The third-order valence-corrected chi connectivity index (χ3v) is 2.67. The number of aliphatic hydroxyl groups is 1. The lowest BCUT2D eigenvalue weighted by Crippen LogP contribution is -2.05. The van der Waals surface area contributed by atoms with Crippen molar-refractivity contribution in [2.45, 2.75) is 6.10 Å². The van der Waals surface area contributed by atoms with Gasteiger partial charge in [0.1, 0.15) is 17.7 Å². The monoisotopic (exact) mass is 255 g/mol. The molecular formula is C12H8ClF2NO. The molecule has 0 aliphatic rings. The first-order valence-corrected chi connectivity index (χ1v) is 5.20. The van der Waals surface area contributed by atoms with Crippen LogP contribution in [0.1, 0.15) is 17.2 Å². The van der Waals surface area contributed by atoms with Gasteiger partial charge in [-0.15, -0.1) is 0 Å². The molecular weight excluding hydrogens is 248 g/mol. The van der Waals surface area contributed by atoms with E-state index in [1.165, 1.54) is 30.5 Å². The van der Waals surface area contributed by atoms with Gasteiger partial charge in [0, 0.05) is 17.3 Å². The summed E-state index contributed by atoms with van der Waals surface area (Å²) in [6.45, 7) is 0. The summed E-state index contributed by atoms with van der Waals surface area (Å²) in [5, 5.41) is 9.80. The Labute approximate surface area is 102 Å². The molecule has 0 fully saturated rings. The average molecular weight is 256 g/mol.